The van der Waals surface area contributed by atoms with Gasteiger partial charge in [-0.2, -0.15) is 0 Å². The minimum absolute atomic E-state index is 0.381. The van der Waals surface area contributed by atoms with Crippen LogP contribution in [-0.2, 0) is 11.3 Å². The molecule has 0 bridgehead atoms. The number of carbonyl (C=O) groups is 1. The van der Waals surface area contributed by atoms with Crippen molar-refractivity contribution in [2.75, 3.05) is 13.2 Å². The Morgan fingerprint density at radius 1 is 1.29 bits per heavy atom. The second kappa shape index (κ2) is 5.80. The fraction of sp³-hybridized carbons (Fsp3) is 0.462. The maximum Gasteiger partial charge on any atom is 0.248 e. The van der Waals surface area contributed by atoms with Crippen LogP contribution in [0.15, 0.2) is 24.3 Å². The van der Waals surface area contributed by atoms with E-state index in [0.29, 0.717) is 11.6 Å². The smallest absolute Gasteiger partial charge is 0.248 e. The molecular formula is C13H18N2O2. The maximum atomic E-state index is 10.9. The zero-order valence-corrected chi connectivity index (χ0v) is 9.82. The quantitative estimate of drug-likeness (QED) is 0.818. The highest BCUT2D eigenvalue weighted by Crippen LogP contribution is 2.08. The van der Waals surface area contributed by atoms with Gasteiger partial charge in [-0.15, -0.1) is 0 Å². The van der Waals surface area contributed by atoms with Crippen LogP contribution in [0.25, 0.3) is 0 Å². The van der Waals surface area contributed by atoms with Crippen LogP contribution >= 0.6 is 0 Å². The first-order valence-corrected chi connectivity index (χ1v) is 5.95. The molecule has 1 amide bonds. The van der Waals surface area contributed by atoms with E-state index in [-0.39, 0.29) is 5.91 Å². The Hall–Kier alpha value is -1.39. The van der Waals surface area contributed by atoms with Crippen LogP contribution in [0.5, 0.6) is 0 Å². The highest BCUT2D eigenvalue weighted by Gasteiger charge is 2.12. The van der Waals surface area contributed by atoms with Gasteiger partial charge in [0, 0.05) is 31.4 Å². The van der Waals surface area contributed by atoms with E-state index >= 15 is 0 Å². The molecule has 1 heterocycles. The first-order chi connectivity index (χ1) is 8.25. The molecule has 1 aliphatic heterocycles. The average Bonchev–Trinajstić information content (AvgIpc) is 2.38. The molecule has 1 aromatic rings. The highest BCUT2D eigenvalue weighted by atomic mass is 16.5. The maximum absolute atomic E-state index is 10.9. The van der Waals surface area contributed by atoms with Crippen molar-refractivity contribution < 1.29 is 9.53 Å². The molecular weight excluding hydrogens is 216 g/mol. The van der Waals surface area contributed by atoms with E-state index in [1.807, 2.05) is 12.1 Å². The molecule has 0 aromatic heterocycles. The summed E-state index contributed by atoms with van der Waals surface area (Å²) in [7, 11) is 0. The summed E-state index contributed by atoms with van der Waals surface area (Å²) in [6, 6.07) is 7.95. The minimum Gasteiger partial charge on any atom is -0.381 e. The van der Waals surface area contributed by atoms with Gasteiger partial charge in [0.25, 0.3) is 0 Å². The summed E-state index contributed by atoms with van der Waals surface area (Å²) in [4.78, 5) is 10.9. The molecule has 2 rings (SSSR count). The van der Waals surface area contributed by atoms with Crippen molar-refractivity contribution in [1.29, 1.82) is 0 Å². The summed E-state index contributed by atoms with van der Waals surface area (Å²) in [5, 5.41) is 3.49. The summed E-state index contributed by atoms with van der Waals surface area (Å²) in [6.07, 6.45) is 2.14. The third-order valence-corrected chi connectivity index (χ3v) is 3.05. The topological polar surface area (TPSA) is 64.4 Å². The summed E-state index contributed by atoms with van der Waals surface area (Å²) in [5.74, 6) is -0.381. The molecule has 3 N–H and O–H groups in total. The molecule has 17 heavy (non-hydrogen) atoms. The van der Waals surface area contributed by atoms with Gasteiger partial charge >= 0.3 is 0 Å². The predicted octanol–water partition coefficient (Wildman–Crippen LogP) is 1.05. The molecule has 1 saturated heterocycles. The van der Waals surface area contributed by atoms with E-state index in [4.69, 9.17) is 10.5 Å². The second-order valence-corrected chi connectivity index (χ2v) is 4.33. The van der Waals surface area contributed by atoms with E-state index in [0.717, 1.165) is 32.6 Å². The minimum atomic E-state index is -0.381. The Bertz CT molecular complexity index is 370. The van der Waals surface area contributed by atoms with Crippen molar-refractivity contribution in [3.8, 4) is 0 Å². The van der Waals surface area contributed by atoms with Crippen LogP contribution in [-0.4, -0.2) is 25.2 Å². The fourth-order valence-electron chi connectivity index (χ4n) is 1.95. The Balaban J connectivity index is 1.84. The molecule has 0 aliphatic carbocycles. The number of nitrogens with one attached hydrogen (secondary N) is 1. The zero-order valence-electron chi connectivity index (χ0n) is 9.82. The largest absolute Gasteiger partial charge is 0.381 e. The molecule has 0 unspecified atom stereocenters. The first kappa shape index (κ1) is 12.1. The zero-order chi connectivity index (χ0) is 12.1. The van der Waals surface area contributed by atoms with E-state index < -0.39 is 0 Å². The van der Waals surface area contributed by atoms with Crippen molar-refractivity contribution in [2.24, 2.45) is 5.73 Å². The normalized spacial score (nSPS) is 16.9. The Labute approximate surface area is 101 Å². The Morgan fingerprint density at radius 2 is 1.94 bits per heavy atom. The standard InChI is InChI=1S/C13H18N2O2/c14-13(16)11-3-1-10(2-4-11)9-15-12-5-7-17-8-6-12/h1-4,12,15H,5-9H2,(H2,14,16). The number of primary amides is 1. The number of ether oxygens (including phenoxy) is 1. The summed E-state index contributed by atoms with van der Waals surface area (Å²) >= 11 is 0. The molecule has 0 atom stereocenters. The van der Waals surface area contributed by atoms with E-state index in [1.54, 1.807) is 12.1 Å². The van der Waals surface area contributed by atoms with Crippen LogP contribution < -0.4 is 11.1 Å². The lowest BCUT2D eigenvalue weighted by Gasteiger charge is -2.23. The summed E-state index contributed by atoms with van der Waals surface area (Å²) in [5.41, 5.74) is 6.91. The molecule has 1 aliphatic rings. The van der Waals surface area contributed by atoms with Gasteiger partial charge in [-0.1, -0.05) is 12.1 Å². The summed E-state index contributed by atoms with van der Waals surface area (Å²) in [6.45, 7) is 2.51. The van der Waals surface area contributed by atoms with Gasteiger partial charge < -0.3 is 15.8 Å². The van der Waals surface area contributed by atoms with Crippen LogP contribution in [0.3, 0.4) is 0 Å². The molecule has 1 aromatic carbocycles. The Kier molecular flexibility index (Phi) is 4.12. The lowest BCUT2D eigenvalue weighted by molar-refractivity contribution is 0.0776. The van der Waals surface area contributed by atoms with E-state index in [1.165, 1.54) is 5.56 Å². The van der Waals surface area contributed by atoms with Gasteiger partial charge in [0.05, 0.1) is 0 Å². The van der Waals surface area contributed by atoms with Crippen LogP contribution in [0.4, 0.5) is 0 Å². The van der Waals surface area contributed by atoms with Crippen LogP contribution in [0.1, 0.15) is 28.8 Å². The molecule has 4 heteroatoms. The first-order valence-electron chi connectivity index (χ1n) is 5.95. The third-order valence-electron chi connectivity index (χ3n) is 3.05. The molecule has 0 spiro atoms. The second-order valence-electron chi connectivity index (χ2n) is 4.33. The lowest BCUT2D eigenvalue weighted by Crippen LogP contribution is -2.34. The van der Waals surface area contributed by atoms with Gasteiger partial charge in [0.1, 0.15) is 0 Å². The third kappa shape index (κ3) is 3.54. The number of hydrogen-bond acceptors (Lipinski definition) is 3. The lowest BCUT2D eigenvalue weighted by atomic mass is 10.1. The van der Waals surface area contributed by atoms with Gasteiger partial charge in [-0.25, -0.2) is 0 Å². The van der Waals surface area contributed by atoms with Crippen LogP contribution in [0, 0.1) is 0 Å². The molecule has 4 nitrogen and oxygen atoms in total. The van der Waals surface area contributed by atoms with Crippen LogP contribution in [0.2, 0.25) is 0 Å². The summed E-state index contributed by atoms with van der Waals surface area (Å²) < 4.78 is 5.30. The van der Waals surface area contributed by atoms with Crippen molar-refractivity contribution in [3.05, 3.63) is 35.4 Å². The van der Waals surface area contributed by atoms with Gasteiger partial charge in [-0.05, 0) is 30.5 Å². The predicted molar refractivity (Wildman–Crippen MR) is 65.6 cm³/mol. The molecule has 1 fully saturated rings. The van der Waals surface area contributed by atoms with E-state index in [9.17, 15) is 4.79 Å². The molecule has 92 valence electrons. The Morgan fingerprint density at radius 3 is 2.53 bits per heavy atom. The number of hydrogen-bond donors (Lipinski definition) is 2. The van der Waals surface area contributed by atoms with Crippen molar-refractivity contribution in [1.82, 2.24) is 5.32 Å². The highest BCUT2D eigenvalue weighted by molar-refractivity contribution is 5.92. The van der Waals surface area contributed by atoms with Gasteiger partial charge in [-0.3, -0.25) is 4.79 Å². The number of nitrogens with two attached hydrogens (primary N) is 1. The van der Waals surface area contributed by atoms with Crippen molar-refractivity contribution >= 4 is 5.91 Å². The number of benzene rings is 1. The van der Waals surface area contributed by atoms with E-state index in [2.05, 4.69) is 5.32 Å². The number of carbonyl (C=O) groups excluding carboxylic acids is 1. The monoisotopic (exact) mass is 234 g/mol. The average molecular weight is 234 g/mol. The number of amides is 1. The number of rotatable bonds is 4. The molecule has 0 radical (unpaired) electrons. The van der Waals surface area contributed by atoms with Crippen molar-refractivity contribution in [2.45, 2.75) is 25.4 Å². The van der Waals surface area contributed by atoms with Crippen molar-refractivity contribution in [3.63, 3.8) is 0 Å². The SMILES string of the molecule is NC(=O)c1ccc(CNC2CCOCC2)cc1. The van der Waals surface area contributed by atoms with Gasteiger partial charge in [0.2, 0.25) is 5.91 Å². The molecule has 0 saturated carbocycles. The fourth-order valence-corrected chi connectivity index (χ4v) is 1.95. The van der Waals surface area contributed by atoms with Gasteiger partial charge in [0.15, 0.2) is 0 Å².